The SMILES string of the molecule is C1CCC(CC2(CNC3CC3)CCOCC2)C1. The zero-order valence-electron chi connectivity index (χ0n) is 11.0. The van der Waals surface area contributed by atoms with Gasteiger partial charge in [0, 0.05) is 25.8 Å². The first kappa shape index (κ1) is 12.0. The van der Waals surface area contributed by atoms with Crippen molar-refractivity contribution in [3.05, 3.63) is 0 Å². The zero-order valence-corrected chi connectivity index (χ0v) is 11.0. The quantitative estimate of drug-likeness (QED) is 0.793. The number of nitrogens with one attached hydrogen (secondary N) is 1. The molecule has 2 heteroatoms. The average molecular weight is 237 g/mol. The standard InChI is InChI=1S/C15H27NO/c1-2-4-13(3-1)11-15(7-9-17-10-8-15)12-16-14-5-6-14/h13-14,16H,1-12H2. The third-order valence-corrected chi connectivity index (χ3v) is 5.09. The summed E-state index contributed by atoms with van der Waals surface area (Å²) in [5.74, 6) is 1.02. The Balaban J connectivity index is 1.56. The molecule has 0 bridgehead atoms. The Morgan fingerprint density at radius 2 is 1.71 bits per heavy atom. The topological polar surface area (TPSA) is 21.3 Å². The van der Waals surface area contributed by atoms with Crippen LogP contribution in [0.25, 0.3) is 0 Å². The van der Waals surface area contributed by atoms with Gasteiger partial charge in [-0.25, -0.2) is 0 Å². The number of hydrogen-bond donors (Lipinski definition) is 1. The summed E-state index contributed by atoms with van der Waals surface area (Å²) < 4.78 is 5.58. The lowest BCUT2D eigenvalue weighted by atomic mass is 9.73. The minimum atomic E-state index is 0.579. The molecule has 0 unspecified atom stereocenters. The van der Waals surface area contributed by atoms with Gasteiger partial charge in [0.2, 0.25) is 0 Å². The largest absolute Gasteiger partial charge is 0.381 e. The van der Waals surface area contributed by atoms with Gasteiger partial charge in [-0.15, -0.1) is 0 Å². The van der Waals surface area contributed by atoms with Crippen LogP contribution in [0.1, 0.15) is 57.8 Å². The van der Waals surface area contributed by atoms with E-state index in [2.05, 4.69) is 5.32 Å². The highest BCUT2D eigenvalue weighted by Crippen LogP contribution is 2.42. The van der Waals surface area contributed by atoms with Gasteiger partial charge in [-0.3, -0.25) is 0 Å². The van der Waals surface area contributed by atoms with E-state index < -0.39 is 0 Å². The summed E-state index contributed by atoms with van der Waals surface area (Å²) in [5, 5.41) is 3.79. The summed E-state index contributed by atoms with van der Waals surface area (Å²) in [5.41, 5.74) is 0.579. The Hall–Kier alpha value is -0.0800. The summed E-state index contributed by atoms with van der Waals surface area (Å²) in [6.45, 7) is 3.26. The molecule has 3 aliphatic rings. The van der Waals surface area contributed by atoms with E-state index in [9.17, 15) is 0 Å². The van der Waals surface area contributed by atoms with Gasteiger partial charge in [0.05, 0.1) is 0 Å². The van der Waals surface area contributed by atoms with E-state index in [4.69, 9.17) is 4.74 Å². The van der Waals surface area contributed by atoms with Crippen LogP contribution < -0.4 is 5.32 Å². The van der Waals surface area contributed by atoms with E-state index in [0.717, 1.165) is 25.2 Å². The average Bonchev–Trinajstić information content (AvgIpc) is 3.06. The monoisotopic (exact) mass is 237 g/mol. The molecule has 1 heterocycles. The molecule has 98 valence electrons. The third-order valence-electron chi connectivity index (χ3n) is 5.09. The summed E-state index contributed by atoms with van der Waals surface area (Å²) in [6.07, 6.45) is 12.8. The van der Waals surface area contributed by atoms with Gasteiger partial charge in [-0.1, -0.05) is 25.7 Å². The minimum Gasteiger partial charge on any atom is -0.381 e. The molecule has 1 N–H and O–H groups in total. The lowest BCUT2D eigenvalue weighted by molar-refractivity contribution is 0.00226. The molecule has 1 aliphatic heterocycles. The predicted molar refractivity (Wildman–Crippen MR) is 70.1 cm³/mol. The Bertz CT molecular complexity index is 237. The van der Waals surface area contributed by atoms with Gasteiger partial charge in [-0.2, -0.15) is 0 Å². The molecular weight excluding hydrogens is 210 g/mol. The molecule has 0 amide bonds. The maximum absolute atomic E-state index is 5.58. The Labute approximate surface area is 105 Å². The van der Waals surface area contributed by atoms with Gasteiger partial charge in [0.15, 0.2) is 0 Å². The second-order valence-electron chi connectivity index (χ2n) is 6.62. The van der Waals surface area contributed by atoms with Crippen molar-refractivity contribution in [2.75, 3.05) is 19.8 Å². The second-order valence-corrected chi connectivity index (χ2v) is 6.62. The third kappa shape index (κ3) is 3.23. The lowest BCUT2D eigenvalue weighted by Crippen LogP contribution is -2.41. The number of rotatable bonds is 5. The molecule has 1 saturated heterocycles. The summed E-state index contributed by atoms with van der Waals surface area (Å²) in [4.78, 5) is 0. The summed E-state index contributed by atoms with van der Waals surface area (Å²) in [7, 11) is 0. The van der Waals surface area contributed by atoms with Crippen LogP contribution >= 0.6 is 0 Å². The Kier molecular flexibility index (Phi) is 3.72. The summed E-state index contributed by atoms with van der Waals surface area (Å²) >= 11 is 0. The molecule has 0 aromatic heterocycles. The highest BCUT2D eigenvalue weighted by Gasteiger charge is 2.36. The van der Waals surface area contributed by atoms with Crippen molar-refractivity contribution in [3.63, 3.8) is 0 Å². The molecule has 2 aliphatic carbocycles. The van der Waals surface area contributed by atoms with E-state index in [0.29, 0.717) is 5.41 Å². The van der Waals surface area contributed by atoms with Gasteiger partial charge in [0.1, 0.15) is 0 Å². The van der Waals surface area contributed by atoms with Gasteiger partial charge < -0.3 is 10.1 Å². The van der Waals surface area contributed by atoms with Crippen LogP contribution in [0.4, 0.5) is 0 Å². The Morgan fingerprint density at radius 3 is 2.35 bits per heavy atom. The first-order valence-electron chi connectivity index (χ1n) is 7.68. The fourth-order valence-electron chi connectivity index (χ4n) is 3.73. The van der Waals surface area contributed by atoms with Crippen molar-refractivity contribution in [1.29, 1.82) is 0 Å². The van der Waals surface area contributed by atoms with Gasteiger partial charge >= 0.3 is 0 Å². The number of hydrogen-bond acceptors (Lipinski definition) is 2. The molecule has 0 radical (unpaired) electrons. The van der Waals surface area contributed by atoms with Crippen molar-refractivity contribution in [2.24, 2.45) is 11.3 Å². The predicted octanol–water partition coefficient (Wildman–Crippen LogP) is 3.12. The Morgan fingerprint density at radius 1 is 1.00 bits per heavy atom. The van der Waals surface area contributed by atoms with Crippen molar-refractivity contribution in [3.8, 4) is 0 Å². The second kappa shape index (κ2) is 5.27. The molecule has 0 aromatic carbocycles. The molecule has 0 aromatic rings. The van der Waals surface area contributed by atoms with Crippen LogP contribution in [0.15, 0.2) is 0 Å². The number of ether oxygens (including phenoxy) is 1. The molecule has 0 spiro atoms. The highest BCUT2D eigenvalue weighted by atomic mass is 16.5. The first-order valence-corrected chi connectivity index (χ1v) is 7.68. The summed E-state index contributed by atoms with van der Waals surface area (Å²) in [6, 6.07) is 0.860. The molecule has 17 heavy (non-hydrogen) atoms. The molecule has 3 fully saturated rings. The molecule has 3 rings (SSSR count). The van der Waals surface area contributed by atoms with Crippen LogP contribution in [0.3, 0.4) is 0 Å². The molecular formula is C15H27NO. The molecule has 2 nitrogen and oxygen atoms in total. The van der Waals surface area contributed by atoms with E-state index in [1.807, 2.05) is 0 Å². The smallest absolute Gasteiger partial charge is 0.0471 e. The fraction of sp³-hybridized carbons (Fsp3) is 1.00. The van der Waals surface area contributed by atoms with Crippen LogP contribution in [0.5, 0.6) is 0 Å². The normalized spacial score (nSPS) is 29.6. The van der Waals surface area contributed by atoms with Crippen molar-refractivity contribution >= 4 is 0 Å². The minimum absolute atomic E-state index is 0.579. The van der Waals surface area contributed by atoms with E-state index in [1.165, 1.54) is 64.3 Å². The van der Waals surface area contributed by atoms with Gasteiger partial charge in [-0.05, 0) is 43.4 Å². The zero-order chi connectivity index (χ0) is 11.6. The maximum Gasteiger partial charge on any atom is 0.0471 e. The maximum atomic E-state index is 5.58. The van der Waals surface area contributed by atoms with E-state index in [1.54, 1.807) is 0 Å². The van der Waals surface area contributed by atoms with E-state index >= 15 is 0 Å². The van der Waals surface area contributed by atoms with Crippen molar-refractivity contribution in [2.45, 2.75) is 63.8 Å². The van der Waals surface area contributed by atoms with Crippen LogP contribution in [0, 0.1) is 11.3 Å². The first-order chi connectivity index (χ1) is 8.36. The fourth-order valence-corrected chi connectivity index (χ4v) is 3.73. The van der Waals surface area contributed by atoms with Crippen LogP contribution in [0.2, 0.25) is 0 Å². The van der Waals surface area contributed by atoms with Crippen molar-refractivity contribution < 1.29 is 4.74 Å². The highest BCUT2D eigenvalue weighted by molar-refractivity contribution is 4.91. The van der Waals surface area contributed by atoms with Crippen molar-refractivity contribution in [1.82, 2.24) is 5.32 Å². The van der Waals surface area contributed by atoms with Crippen LogP contribution in [-0.4, -0.2) is 25.8 Å². The molecule has 0 atom stereocenters. The van der Waals surface area contributed by atoms with Gasteiger partial charge in [0.25, 0.3) is 0 Å². The van der Waals surface area contributed by atoms with Crippen LogP contribution in [-0.2, 0) is 4.74 Å². The molecule has 2 saturated carbocycles. The van der Waals surface area contributed by atoms with E-state index in [-0.39, 0.29) is 0 Å². The lowest BCUT2D eigenvalue weighted by Gasteiger charge is -2.39.